The zero-order valence-electron chi connectivity index (χ0n) is 9.91. The molecule has 0 aromatic carbocycles. The first-order chi connectivity index (χ1) is 7.66. The average molecular weight is 251 g/mol. The van der Waals surface area contributed by atoms with E-state index in [-0.39, 0.29) is 0 Å². The highest BCUT2D eigenvalue weighted by molar-refractivity contribution is 7.12. The van der Waals surface area contributed by atoms with Crippen molar-refractivity contribution in [3.63, 3.8) is 0 Å². The van der Waals surface area contributed by atoms with Gasteiger partial charge in [0.15, 0.2) is 0 Å². The van der Waals surface area contributed by atoms with Crippen LogP contribution in [0.3, 0.4) is 0 Å². The van der Waals surface area contributed by atoms with Crippen LogP contribution in [0.4, 0.5) is 0 Å². The molecular formula is C13H17NS2. The van der Waals surface area contributed by atoms with Gasteiger partial charge in [0.2, 0.25) is 0 Å². The van der Waals surface area contributed by atoms with E-state index in [2.05, 4.69) is 49.7 Å². The standard InChI is InChI=1S/C13H17NS2/c1-9-6-7-15-13(9)8-14-11(3)12-5-4-10(2)16-12/h4-7,11,14H,8H2,1-3H3. The van der Waals surface area contributed by atoms with Gasteiger partial charge in [-0.05, 0) is 49.9 Å². The minimum atomic E-state index is 0.445. The molecule has 0 radical (unpaired) electrons. The lowest BCUT2D eigenvalue weighted by molar-refractivity contribution is 0.586. The molecule has 1 nitrogen and oxygen atoms in total. The Morgan fingerprint density at radius 1 is 1.25 bits per heavy atom. The monoisotopic (exact) mass is 251 g/mol. The predicted octanol–water partition coefficient (Wildman–Crippen LogP) is 4.28. The van der Waals surface area contributed by atoms with E-state index in [0.717, 1.165) is 6.54 Å². The summed E-state index contributed by atoms with van der Waals surface area (Å²) in [6.45, 7) is 7.54. The van der Waals surface area contributed by atoms with Gasteiger partial charge in [0.1, 0.15) is 0 Å². The fraction of sp³-hybridized carbons (Fsp3) is 0.385. The van der Waals surface area contributed by atoms with Crippen LogP contribution in [0.1, 0.15) is 33.2 Å². The number of thiophene rings is 2. The Morgan fingerprint density at radius 2 is 2.06 bits per heavy atom. The summed E-state index contributed by atoms with van der Waals surface area (Å²) >= 11 is 3.71. The van der Waals surface area contributed by atoms with Gasteiger partial charge >= 0.3 is 0 Å². The van der Waals surface area contributed by atoms with Crippen molar-refractivity contribution in [2.24, 2.45) is 0 Å². The fourth-order valence-corrected chi connectivity index (χ4v) is 3.38. The van der Waals surface area contributed by atoms with Crippen molar-refractivity contribution in [2.45, 2.75) is 33.4 Å². The Labute approximate surface area is 105 Å². The van der Waals surface area contributed by atoms with E-state index in [1.54, 1.807) is 0 Å². The zero-order valence-corrected chi connectivity index (χ0v) is 11.5. The molecule has 3 heteroatoms. The van der Waals surface area contributed by atoms with Crippen LogP contribution >= 0.6 is 22.7 Å². The van der Waals surface area contributed by atoms with E-state index >= 15 is 0 Å². The molecule has 0 saturated heterocycles. The maximum atomic E-state index is 3.58. The van der Waals surface area contributed by atoms with Crippen molar-refractivity contribution < 1.29 is 0 Å². The third kappa shape index (κ3) is 2.73. The van der Waals surface area contributed by atoms with Gasteiger partial charge in [0, 0.05) is 27.2 Å². The summed E-state index contributed by atoms with van der Waals surface area (Å²) in [6, 6.07) is 7.04. The molecule has 0 aliphatic heterocycles. The molecule has 2 aromatic heterocycles. The van der Waals surface area contributed by atoms with E-state index < -0.39 is 0 Å². The number of hydrogen-bond donors (Lipinski definition) is 1. The van der Waals surface area contributed by atoms with Gasteiger partial charge in [-0.3, -0.25) is 0 Å². The van der Waals surface area contributed by atoms with Crippen LogP contribution in [0.15, 0.2) is 23.6 Å². The molecule has 16 heavy (non-hydrogen) atoms. The summed E-state index contributed by atoms with van der Waals surface area (Å²) in [5.74, 6) is 0. The maximum Gasteiger partial charge on any atom is 0.0389 e. The molecular weight excluding hydrogens is 234 g/mol. The van der Waals surface area contributed by atoms with Crippen molar-refractivity contribution in [1.82, 2.24) is 5.32 Å². The Balaban J connectivity index is 1.93. The highest BCUT2D eigenvalue weighted by Gasteiger charge is 2.08. The summed E-state index contributed by atoms with van der Waals surface area (Å²) in [6.07, 6.45) is 0. The third-order valence-corrected chi connectivity index (χ3v) is 4.93. The summed E-state index contributed by atoms with van der Waals surface area (Å²) < 4.78 is 0. The summed E-state index contributed by atoms with van der Waals surface area (Å²) in [7, 11) is 0. The molecule has 1 unspecified atom stereocenters. The molecule has 1 atom stereocenters. The van der Waals surface area contributed by atoms with Crippen molar-refractivity contribution >= 4 is 22.7 Å². The Kier molecular flexibility index (Phi) is 3.79. The number of nitrogens with one attached hydrogen (secondary N) is 1. The second kappa shape index (κ2) is 5.13. The topological polar surface area (TPSA) is 12.0 Å². The van der Waals surface area contributed by atoms with Crippen molar-refractivity contribution in [3.05, 3.63) is 43.8 Å². The van der Waals surface area contributed by atoms with Gasteiger partial charge in [-0.2, -0.15) is 0 Å². The quantitative estimate of drug-likeness (QED) is 0.855. The molecule has 0 aliphatic carbocycles. The van der Waals surface area contributed by atoms with E-state index in [1.807, 2.05) is 22.7 Å². The zero-order chi connectivity index (χ0) is 11.5. The second-order valence-corrected chi connectivity index (χ2v) is 6.40. The first kappa shape index (κ1) is 11.8. The first-order valence-electron chi connectivity index (χ1n) is 5.49. The van der Waals surface area contributed by atoms with E-state index in [9.17, 15) is 0 Å². The Bertz CT molecular complexity index is 456. The van der Waals surface area contributed by atoms with Gasteiger partial charge < -0.3 is 5.32 Å². The van der Waals surface area contributed by atoms with E-state index in [1.165, 1.54) is 20.2 Å². The molecule has 0 fully saturated rings. The molecule has 2 heterocycles. The van der Waals surface area contributed by atoms with Gasteiger partial charge in [-0.15, -0.1) is 22.7 Å². The minimum absolute atomic E-state index is 0.445. The van der Waals surface area contributed by atoms with E-state index in [0.29, 0.717) is 6.04 Å². The van der Waals surface area contributed by atoms with Gasteiger partial charge in [0.05, 0.1) is 0 Å². The molecule has 2 rings (SSSR count). The average Bonchev–Trinajstić information content (AvgIpc) is 2.84. The predicted molar refractivity (Wildman–Crippen MR) is 73.4 cm³/mol. The van der Waals surface area contributed by atoms with Crippen molar-refractivity contribution in [1.29, 1.82) is 0 Å². The van der Waals surface area contributed by atoms with Crippen LogP contribution < -0.4 is 5.32 Å². The fourth-order valence-electron chi connectivity index (χ4n) is 1.62. The molecule has 0 aliphatic rings. The van der Waals surface area contributed by atoms with Crippen LogP contribution in [0.25, 0.3) is 0 Å². The molecule has 0 spiro atoms. The van der Waals surface area contributed by atoms with Crippen molar-refractivity contribution in [3.8, 4) is 0 Å². The number of hydrogen-bond acceptors (Lipinski definition) is 3. The molecule has 1 N–H and O–H groups in total. The number of aryl methyl sites for hydroxylation is 2. The molecule has 0 bridgehead atoms. The van der Waals surface area contributed by atoms with Gasteiger partial charge in [0.25, 0.3) is 0 Å². The first-order valence-corrected chi connectivity index (χ1v) is 7.19. The highest BCUT2D eigenvalue weighted by atomic mass is 32.1. The van der Waals surface area contributed by atoms with Crippen molar-refractivity contribution in [2.75, 3.05) is 0 Å². The van der Waals surface area contributed by atoms with Crippen LogP contribution in [-0.4, -0.2) is 0 Å². The molecule has 0 amide bonds. The molecule has 86 valence electrons. The maximum absolute atomic E-state index is 3.58. The smallest absolute Gasteiger partial charge is 0.0389 e. The largest absolute Gasteiger partial charge is 0.305 e. The van der Waals surface area contributed by atoms with Crippen LogP contribution in [0.5, 0.6) is 0 Å². The molecule has 2 aromatic rings. The highest BCUT2D eigenvalue weighted by Crippen LogP contribution is 2.23. The lowest BCUT2D eigenvalue weighted by atomic mass is 10.2. The normalized spacial score (nSPS) is 12.9. The Morgan fingerprint density at radius 3 is 2.62 bits per heavy atom. The van der Waals surface area contributed by atoms with Crippen LogP contribution in [0.2, 0.25) is 0 Å². The van der Waals surface area contributed by atoms with Gasteiger partial charge in [-0.25, -0.2) is 0 Å². The molecule has 0 saturated carbocycles. The summed E-state index contributed by atoms with van der Waals surface area (Å²) in [4.78, 5) is 4.25. The summed E-state index contributed by atoms with van der Waals surface area (Å²) in [5.41, 5.74) is 1.40. The SMILES string of the molecule is Cc1ccc(C(C)NCc2sccc2C)s1. The van der Waals surface area contributed by atoms with Crippen LogP contribution in [0, 0.1) is 13.8 Å². The second-order valence-electron chi connectivity index (χ2n) is 4.08. The van der Waals surface area contributed by atoms with Gasteiger partial charge in [-0.1, -0.05) is 0 Å². The third-order valence-electron chi connectivity index (χ3n) is 2.72. The summed E-state index contributed by atoms with van der Waals surface area (Å²) in [5, 5.41) is 5.74. The minimum Gasteiger partial charge on any atom is -0.305 e. The lowest BCUT2D eigenvalue weighted by Crippen LogP contribution is -2.16. The number of rotatable bonds is 4. The van der Waals surface area contributed by atoms with E-state index in [4.69, 9.17) is 0 Å². The van der Waals surface area contributed by atoms with Crippen LogP contribution in [-0.2, 0) is 6.54 Å². The Hall–Kier alpha value is -0.640. The lowest BCUT2D eigenvalue weighted by Gasteiger charge is -2.11.